The molecule has 0 aliphatic carbocycles. The standard InChI is InChI=1S/C25H28FN3O5S2/c1-4-34-22(30)15-29-21-14-16(2)13-17(3)23(21)35-25(29)27-24(31)18-9-11-28(12-10-18)36(32,33)20-7-5-19(26)6-8-20/h5-8,13-14,18H,4,9-12,15H2,1-3H3. The van der Waals surface area contributed by atoms with Gasteiger partial charge in [0.1, 0.15) is 12.4 Å². The summed E-state index contributed by atoms with van der Waals surface area (Å²) >= 11 is 1.35. The molecule has 1 amide bonds. The molecule has 1 aliphatic rings. The van der Waals surface area contributed by atoms with Gasteiger partial charge in [0.15, 0.2) is 4.80 Å². The zero-order valence-electron chi connectivity index (χ0n) is 20.4. The minimum atomic E-state index is -3.77. The molecule has 2 aromatic carbocycles. The highest BCUT2D eigenvalue weighted by atomic mass is 32.2. The molecule has 1 aromatic heterocycles. The third-order valence-corrected chi connectivity index (χ3v) is 9.31. The Bertz CT molecular complexity index is 1470. The van der Waals surface area contributed by atoms with Gasteiger partial charge in [-0.1, -0.05) is 17.4 Å². The summed E-state index contributed by atoms with van der Waals surface area (Å²) in [6.45, 7) is 6.21. The largest absolute Gasteiger partial charge is 0.465 e. The van der Waals surface area contributed by atoms with Crippen LogP contribution in [0.4, 0.5) is 4.39 Å². The molecule has 8 nitrogen and oxygen atoms in total. The molecule has 0 atom stereocenters. The molecule has 4 rings (SSSR count). The van der Waals surface area contributed by atoms with Gasteiger partial charge in [0.05, 0.1) is 21.7 Å². The van der Waals surface area contributed by atoms with E-state index < -0.39 is 27.7 Å². The molecule has 11 heteroatoms. The van der Waals surface area contributed by atoms with E-state index in [-0.39, 0.29) is 37.0 Å². The molecule has 0 bridgehead atoms. The normalized spacial score (nSPS) is 15.9. The van der Waals surface area contributed by atoms with Gasteiger partial charge < -0.3 is 9.30 Å². The number of rotatable bonds is 6. The number of aryl methyl sites for hydroxylation is 2. The SMILES string of the molecule is CCOC(=O)Cn1c(=NC(=O)C2CCN(S(=O)(=O)c3ccc(F)cc3)CC2)sc2c(C)cc(C)cc21. The number of nitrogens with zero attached hydrogens (tertiary/aromatic N) is 3. The minimum Gasteiger partial charge on any atom is -0.465 e. The first-order valence-electron chi connectivity index (χ1n) is 11.7. The van der Waals surface area contributed by atoms with Gasteiger partial charge in [0.2, 0.25) is 10.0 Å². The van der Waals surface area contributed by atoms with Crippen LogP contribution in [0.15, 0.2) is 46.3 Å². The number of carbonyl (C=O) groups is 2. The Kier molecular flexibility index (Phi) is 7.72. The van der Waals surface area contributed by atoms with Crippen LogP contribution < -0.4 is 4.80 Å². The minimum absolute atomic E-state index is 0.0225. The van der Waals surface area contributed by atoms with Crippen LogP contribution >= 0.6 is 11.3 Å². The number of fused-ring (bicyclic) bond motifs is 1. The summed E-state index contributed by atoms with van der Waals surface area (Å²) in [5.41, 5.74) is 2.88. The molecule has 2 heterocycles. The molecule has 1 saturated heterocycles. The van der Waals surface area contributed by atoms with E-state index >= 15 is 0 Å². The number of amides is 1. The van der Waals surface area contributed by atoms with Gasteiger partial charge in [0.25, 0.3) is 5.91 Å². The number of thiazole rings is 1. The van der Waals surface area contributed by atoms with Gasteiger partial charge in [-0.15, -0.1) is 0 Å². The van der Waals surface area contributed by atoms with Crippen molar-refractivity contribution in [3.05, 3.63) is 58.1 Å². The number of sulfonamides is 1. The predicted molar refractivity (Wildman–Crippen MR) is 134 cm³/mol. The lowest BCUT2D eigenvalue weighted by atomic mass is 9.98. The molecule has 192 valence electrons. The van der Waals surface area contributed by atoms with Crippen LogP contribution in [0.3, 0.4) is 0 Å². The second-order valence-corrected chi connectivity index (χ2v) is 11.7. The van der Waals surface area contributed by atoms with Crippen molar-refractivity contribution < 1.29 is 27.1 Å². The second kappa shape index (κ2) is 10.6. The topological polar surface area (TPSA) is 98.0 Å². The molecular formula is C25H28FN3O5S2. The number of hydrogen-bond donors (Lipinski definition) is 0. The quantitative estimate of drug-likeness (QED) is 0.452. The van der Waals surface area contributed by atoms with Crippen LogP contribution in [0.5, 0.6) is 0 Å². The Labute approximate surface area is 213 Å². The van der Waals surface area contributed by atoms with Gasteiger partial charge in [-0.3, -0.25) is 9.59 Å². The van der Waals surface area contributed by atoms with Gasteiger partial charge in [-0.2, -0.15) is 9.30 Å². The van der Waals surface area contributed by atoms with Crippen molar-refractivity contribution in [3.63, 3.8) is 0 Å². The fourth-order valence-corrected chi connectivity index (χ4v) is 6.93. The average Bonchev–Trinajstić information content (AvgIpc) is 3.16. The molecule has 0 spiro atoms. The monoisotopic (exact) mass is 533 g/mol. The lowest BCUT2D eigenvalue weighted by Crippen LogP contribution is -2.40. The lowest BCUT2D eigenvalue weighted by molar-refractivity contribution is -0.143. The van der Waals surface area contributed by atoms with E-state index in [1.807, 2.05) is 26.0 Å². The number of carbonyl (C=O) groups excluding carboxylic acids is 2. The summed E-state index contributed by atoms with van der Waals surface area (Å²) in [4.78, 5) is 30.2. The third kappa shape index (κ3) is 5.42. The fraction of sp³-hybridized carbons (Fsp3) is 0.400. The first-order valence-corrected chi connectivity index (χ1v) is 14.0. The van der Waals surface area contributed by atoms with Crippen LogP contribution in [0.25, 0.3) is 10.2 Å². The fourth-order valence-electron chi connectivity index (χ4n) is 4.37. The van der Waals surface area contributed by atoms with E-state index in [4.69, 9.17) is 4.74 Å². The molecular weight excluding hydrogens is 505 g/mol. The van der Waals surface area contributed by atoms with E-state index in [1.165, 1.54) is 27.8 Å². The Morgan fingerprint density at radius 1 is 1.14 bits per heavy atom. The number of piperidine rings is 1. The molecule has 1 aliphatic heterocycles. The number of ether oxygens (including phenoxy) is 1. The van der Waals surface area contributed by atoms with Crippen molar-refractivity contribution in [3.8, 4) is 0 Å². The Morgan fingerprint density at radius 2 is 1.81 bits per heavy atom. The van der Waals surface area contributed by atoms with Crippen LogP contribution in [0, 0.1) is 25.6 Å². The van der Waals surface area contributed by atoms with E-state index in [0.717, 1.165) is 33.5 Å². The Morgan fingerprint density at radius 3 is 2.44 bits per heavy atom. The van der Waals surface area contributed by atoms with Crippen LogP contribution in [0.2, 0.25) is 0 Å². The van der Waals surface area contributed by atoms with Crippen LogP contribution in [-0.4, -0.2) is 48.9 Å². The van der Waals surface area contributed by atoms with Crippen LogP contribution in [-0.2, 0) is 30.9 Å². The summed E-state index contributed by atoms with van der Waals surface area (Å²) in [6.07, 6.45) is 0.646. The number of benzene rings is 2. The first-order chi connectivity index (χ1) is 17.1. The molecule has 0 saturated carbocycles. The van der Waals surface area contributed by atoms with Crippen molar-refractivity contribution >= 4 is 43.5 Å². The highest BCUT2D eigenvalue weighted by molar-refractivity contribution is 7.89. The van der Waals surface area contributed by atoms with Gasteiger partial charge >= 0.3 is 5.97 Å². The molecule has 1 fully saturated rings. The van der Waals surface area contributed by atoms with Crippen molar-refractivity contribution in [1.29, 1.82) is 0 Å². The Balaban J connectivity index is 1.57. The molecule has 3 aromatic rings. The van der Waals surface area contributed by atoms with Crippen molar-refractivity contribution in [2.45, 2.75) is 45.1 Å². The third-order valence-electron chi connectivity index (χ3n) is 6.17. The lowest BCUT2D eigenvalue weighted by Gasteiger charge is -2.29. The van der Waals surface area contributed by atoms with Gasteiger partial charge in [0, 0.05) is 19.0 Å². The maximum Gasteiger partial charge on any atom is 0.326 e. The van der Waals surface area contributed by atoms with Crippen molar-refractivity contribution in [1.82, 2.24) is 8.87 Å². The van der Waals surface area contributed by atoms with Crippen molar-refractivity contribution in [2.75, 3.05) is 19.7 Å². The molecule has 0 radical (unpaired) electrons. The van der Waals surface area contributed by atoms with E-state index in [2.05, 4.69) is 4.99 Å². The number of halogens is 1. The maximum atomic E-state index is 13.2. The Hall–Kier alpha value is -2.89. The highest BCUT2D eigenvalue weighted by Gasteiger charge is 2.32. The highest BCUT2D eigenvalue weighted by Crippen LogP contribution is 2.26. The summed E-state index contributed by atoms with van der Waals surface area (Å²) < 4.78 is 48.0. The van der Waals surface area contributed by atoms with Gasteiger partial charge in [-0.25, -0.2) is 12.8 Å². The van der Waals surface area contributed by atoms with Crippen LogP contribution in [0.1, 0.15) is 30.9 Å². The van der Waals surface area contributed by atoms with Crippen molar-refractivity contribution in [2.24, 2.45) is 10.9 Å². The predicted octanol–water partition coefficient (Wildman–Crippen LogP) is 3.55. The number of aromatic nitrogens is 1. The zero-order chi connectivity index (χ0) is 26.0. The second-order valence-electron chi connectivity index (χ2n) is 8.79. The van der Waals surface area contributed by atoms with E-state index in [1.54, 1.807) is 11.5 Å². The first kappa shape index (κ1) is 26.2. The van der Waals surface area contributed by atoms with Gasteiger partial charge in [-0.05, 0) is 75.1 Å². The average molecular weight is 534 g/mol. The van der Waals surface area contributed by atoms with E-state index in [9.17, 15) is 22.4 Å². The maximum absolute atomic E-state index is 13.2. The van der Waals surface area contributed by atoms with E-state index in [0.29, 0.717) is 17.6 Å². The molecule has 0 N–H and O–H groups in total. The summed E-state index contributed by atoms with van der Waals surface area (Å²) in [7, 11) is -3.77. The smallest absolute Gasteiger partial charge is 0.326 e. The number of hydrogen-bond acceptors (Lipinski definition) is 6. The summed E-state index contributed by atoms with van der Waals surface area (Å²) in [5, 5.41) is 0. The summed E-state index contributed by atoms with van der Waals surface area (Å²) in [5.74, 6) is -1.70. The zero-order valence-corrected chi connectivity index (χ0v) is 22.0. The molecule has 36 heavy (non-hydrogen) atoms. The number of esters is 1. The molecule has 0 unspecified atom stereocenters. The summed E-state index contributed by atoms with van der Waals surface area (Å²) in [6, 6.07) is 8.70.